The number of amides is 1. The number of halogens is 1. The van der Waals surface area contributed by atoms with Crippen LogP contribution >= 0.6 is 12.4 Å². The van der Waals surface area contributed by atoms with Gasteiger partial charge in [0.2, 0.25) is 5.91 Å². The molecule has 2 atom stereocenters. The lowest BCUT2D eigenvalue weighted by Crippen LogP contribution is -2.56. The monoisotopic (exact) mass is 298 g/mol. The Morgan fingerprint density at radius 1 is 0.950 bits per heavy atom. The Morgan fingerprint density at radius 2 is 1.50 bits per heavy atom. The van der Waals surface area contributed by atoms with Gasteiger partial charge in [0, 0.05) is 12.6 Å². The van der Waals surface area contributed by atoms with Gasteiger partial charge in [-0.05, 0) is 62.7 Å². The highest BCUT2D eigenvalue weighted by Crippen LogP contribution is 2.48. The van der Waals surface area contributed by atoms with Gasteiger partial charge in [0.25, 0.3) is 0 Å². The van der Waals surface area contributed by atoms with Crippen LogP contribution in [0.1, 0.15) is 57.8 Å². The quantitative estimate of drug-likeness (QED) is 0.809. The molecule has 5 rings (SSSR count). The van der Waals surface area contributed by atoms with Crippen molar-refractivity contribution >= 4 is 18.3 Å². The molecule has 2 heterocycles. The molecule has 3 aliphatic carbocycles. The molecule has 0 spiro atoms. The van der Waals surface area contributed by atoms with E-state index < -0.39 is 5.54 Å². The van der Waals surface area contributed by atoms with Crippen molar-refractivity contribution in [2.24, 2.45) is 23.5 Å². The standard InChI is InChI=1S/C16H26N2O.ClH/c17-16(3-1-2-4-16)15(19)18-10-13-6-11-5-12(7-13)9-14(18)8-11;/h11-14H,1-10,17H2;1H. The summed E-state index contributed by atoms with van der Waals surface area (Å²) < 4.78 is 0. The summed E-state index contributed by atoms with van der Waals surface area (Å²) in [6.45, 7) is 1.01. The first-order chi connectivity index (χ1) is 9.14. The number of rotatable bonds is 1. The van der Waals surface area contributed by atoms with Crippen molar-refractivity contribution in [1.29, 1.82) is 0 Å². The maximum absolute atomic E-state index is 12.9. The molecule has 2 aliphatic heterocycles. The minimum atomic E-state index is -0.512. The Balaban J connectivity index is 0.00000121. The fourth-order valence-electron chi connectivity index (χ4n) is 5.54. The van der Waals surface area contributed by atoms with Gasteiger partial charge in [-0.1, -0.05) is 12.8 Å². The Bertz CT molecular complexity index is 380. The highest BCUT2D eigenvalue weighted by molar-refractivity contribution is 5.87. The van der Waals surface area contributed by atoms with Crippen molar-refractivity contribution in [3.63, 3.8) is 0 Å². The molecular weight excluding hydrogens is 272 g/mol. The van der Waals surface area contributed by atoms with E-state index in [1.54, 1.807) is 0 Å². The van der Waals surface area contributed by atoms with Crippen LogP contribution in [0.25, 0.3) is 0 Å². The first-order valence-corrected chi connectivity index (χ1v) is 8.24. The van der Waals surface area contributed by atoms with E-state index in [1.807, 2.05) is 0 Å². The molecular formula is C16H27ClN2O. The molecule has 3 saturated carbocycles. The summed E-state index contributed by atoms with van der Waals surface area (Å²) in [5.74, 6) is 2.86. The summed E-state index contributed by atoms with van der Waals surface area (Å²) in [6, 6.07) is 0.518. The minimum absolute atomic E-state index is 0. The van der Waals surface area contributed by atoms with Crippen molar-refractivity contribution in [3.8, 4) is 0 Å². The Kier molecular flexibility index (Phi) is 3.79. The molecule has 3 nitrogen and oxygen atoms in total. The highest BCUT2D eigenvalue weighted by atomic mass is 35.5. The SMILES string of the molecule is Cl.NC1(C(=O)N2CC3CC4CC(C3)CC2C4)CCCC1. The Morgan fingerprint density at radius 3 is 2.10 bits per heavy atom. The van der Waals surface area contributed by atoms with Crippen LogP contribution in [0.15, 0.2) is 0 Å². The Labute approximate surface area is 128 Å². The van der Waals surface area contributed by atoms with Crippen LogP contribution in [0.3, 0.4) is 0 Å². The summed E-state index contributed by atoms with van der Waals surface area (Å²) >= 11 is 0. The molecule has 1 amide bonds. The molecule has 114 valence electrons. The molecule has 4 heteroatoms. The predicted molar refractivity (Wildman–Crippen MR) is 81.7 cm³/mol. The van der Waals surface area contributed by atoms with Crippen LogP contribution in [-0.4, -0.2) is 28.9 Å². The summed E-state index contributed by atoms with van der Waals surface area (Å²) in [5, 5.41) is 0. The van der Waals surface area contributed by atoms with Crippen LogP contribution in [0, 0.1) is 17.8 Å². The lowest BCUT2D eigenvalue weighted by molar-refractivity contribution is -0.139. The highest BCUT2D eigenvalue weighted by Gasteiger charge is 2.48. The summed E-state index contributed by atoms with van der Waals surface area (Å²) in [5.41, 5.74) is 5.91. The maximum Gasteiger partial charge on any atom is 0.242 e. The first kappa shape index (κ1) is 14.6. The third-order valence-corrected chi connectivity index (χ3v) is 6.29. The van der Waals surface area contributed by atoms with E-state index in [2.05, 4.69) is 4.90 Å². The summed E-state index contributed by atoms with van der Waals surface area (Å²) in [4.78, 5) is 15.2. The number of carbonyl (C=O) groups is 1. The number of hydrogen-bond acceptors (Lipinski definition) is 2. The van der Waals surface area contributed by atoms with Gasteiger partial charge >= 0.3 is 0 Å². The zero-order valence-corrected chi connectivity index (χ0v) is 13.0. The van der Waals surface area contributed by atoms with Gasteiger partial charge in [0.05, 0.1) is 5.54 Å². The number of hydrogen-bond donors (Lipinski definition) is 1. The molecule has 2 N–H and O–H groups in total. The van der Waals surface area contributed by atoms with E-state index in [0.29, 0.717) is 11.9 Å². The van der Waals surface area contributed by atoms with Gasteiger partial charge in [-0.3, -0.25) is 4.79 Å². The number of fused-ring (bicyclic) bond motifs is 1. The van der Waals surface area contributed by atoms with Gasteiger partial charge in [0.15, 0.2) is 0 Å². The Hall–Kier alpha value is -0.280. The third kappa shape index (κ3) is 2.27. The van der Waals surface area contributed by atoms with E-state index in [1.165, 1.54) is 32.1 Å². The average molecular weight is 299 g/mol. The zero-order chi connectivity index (χ0) is 13.0. The van der Waals surface area contributed by atoms with Crippen molar-refractivity contribution in [1.82, 2.24) is 4.90 Å². The molecule has 2 unspecified atom stereocenters. The fourth-order valence-corrected chi connectivity index (χ4v) is 5.54. The molecule has 0 aromatic rings. The van der Waals surface area contributed by atoms with Gasteiger partial charge in [-0.2, -0.15) is 0 Å². The third-order valence-electron chi connectivity index (χ3n) is 6.29. The van der Waals surface area contributed by atoms with E-state index >= 15 is 0 Å². The zero-order valence-electron chi connectivity index (χ0n) is 12.2. The average Bonchev–Trinajstić information content (AvgIpc) is 2.73. The smallest absolute Gasteiger partial charge is 0.242 e. The molecule has 0 radical (unpaired) electrons. The molecule has 0 aromatic heterocycles. The second-order valence-corrected chi connectivity index (χ2v) is 7.75. The van der Waals surface area contributed by atoms with Crippen LogP contribution < -0.4 is 5.73 Å². The van der Waals surface area contributed by atoms with E-state index in [0.717, 1.165) is 50.0 Å². The second kappa shape index (κ2) is 5.17. The molecule has 5 aliphatic rings. The fraction of sp³-hybridized carbons (Fsp3) is 0.938. The second-order valence-electron chi connectivity index (χ2n) is 7.75. The molecule has 2 saturated heterocycles. The number of carbonyl (C=O) groups excluding carboxylic acids is 1. The van der Waals surface area contributed by atoms with Crippen molar-refractivity contribution < 1.29 is 4.79 Å². The van der Waals surface area contributed by atoms with E-state index in [9.17, 15) is 4.79 Å². The summed E-state index contributed by atoms with van der Waals surface area (Å²) in [6.07, 6.45) is 10.8. The van der Waals surface area contributed by atoms with Crippen LogP contribution in [0.4, 0.5) is 0 Å². The van der Waals surface area contributed by atoms with Gasteiger partial charge in [-0.25, -0.2) is 0 Å². The minimum Gasteiger partial charge on any atom is -0.338 e. The lowest BCUT2D eigenvalue weighted by Gasteiger charge is -2.40. The van der Waals surface area contributed by atoms with Crippen molar-refractivity contribution in [3.05, 3.63) is 0 Å². The number of nitrogens with zero attached hydrogens (tertiary/aromatic N) is 1. The first-order valence-electron chi connectivity index (χ1n) is 8.24. The molecule has 5 fully saturated rings. The maximum atomic E-state index is 12.9. The van der Waals surface area contributed by atoms with E-state index in [-0.39, 0.29) is 12.4 Å². The van der Waals surface area contributed by atoms with E-state index in [4.69, 9.17) is 5.73 Å². The van der Waals surface area contributed by atoms with Gasteiger partial charge < -0.3 is 10.6 Å². The molecule has 0 aromatic carbocycles. The molecule has 20 heavy (non-hydrogen) atoms. The lowest BCUT2D eigenvalue weighted by atomic mass is 9.68. The largest absolute Gasteiger partial charge is 0.338 e. The van der Waals surface area contributed by atoms with Crippen LogP contribution in [0.2, 0.25) is 0 Å². The van der Waals surface area contributed by atoms with Crippen molar-refractivity contribution in [2.75, 3.05) is 6.54 Å². The van der Waals surface area contributed by atoms with Crippen LogP contribution in [-0.2, 0) is 4.79 Å². The van der Waals surface area contributed by atoms with Crippen molar-refractivity contribution in [2.45, 2.75) is 69.4 Å². The predicted octanol–water partition coefficient (Wildman–Crippen LogP) is 2.72. The normalized spacial score (nSPS) is 41.4. The summed E-state index contributed by atoms with van der Waals surface area (Å²) in [7, 11) is 0. The molecule has 4 bridgehead atoms. The van der Waals surface area contributed by atoms with Crippen LogP contribution in [0.5, 0.6) is 0 Å². The number of nitrogens with two attached hydrogens (primary N) is 1. The topological polar surface area (TPSA) is 46.3 Å². The van der Waals surface area contributed by atoms with Gasteiger partial charge in [0.1, 0.15) is 0 Å². The van der Waals surface area contributed by atoms with Gasteiger partial charge in [-0.15, -0.1) is 12.4 Å².